The smallest absolute Gasteiger partial charge is 0.257 e. The maximum atomic E-state index is 13.3. The van der Waals surface area contributed by atoms with E-state index in [-0.39, 0.29) is 11.7 Å². The molecule has 0 saturated heterocycles. The van der Waals surface area contributed by atoms with Crippen LogP contribution in [0.3, 0.4) is 0 Å². The lowest BCUT2D eigenvalue weighted by Gasteiger charge is -2.10. The molecule has 152 valence electrons. The van der Waals surface area contributed by atoms with Crippen LogP contribution in [0.1, 0.15) is 35.4 Å². The number of pyridine rings is 1. The van der Waals surface area contributed by atoms with Gasteiger partial charge < -0.3 is 5.11 Å². The van der Waals surface area contributed by atoms with Gasteiger partial charge in [-0.2, -0.15) is 0 Å². The van der Waals surface area contributed by atoms with E-state index in [0.717, 1.165) is 5.56 Å². The Morgan fingerprint density at radius 3 is 2.70 bits per heavy atom. The van der Waals surface area contributed by atoms with Gasteiger partial charge in [0.25, 0.3) is 5.91 Å². The summed E-state index contributed by atoms with van der Waals surface area (Å²) in [5, 5.41) is 13.5. The molecule has 4 rings (SSSR count). The summed E-state index contributed by atoms with van der Waals surface area (Å²) in [6.45, 7) is 1.88. The van der Waals surface area contributed by atoms with Gasteiger partial charge in [-0.1, -0.05) is 42.0 Å². The number of amides is 1. The van der Waals surface area contributed by atoms with Crippen molar-refractivity contribution in [3.05, 3.63) is 76.7 Å². The molecule has 0 aliphatic rings. The first-order valence-corrected chi connectivity index (χ1v) is 10.5. The van der Waals surface area contributed by atoms with Gasteiger partial charge in [0.05, 0.1) is 27.0 Å². The first-order chi connectivity index (χ1) is 14.4. The molecule has 2 N–H and O–H groups in total. The standard InChI is InChI=1S/C22H17ClFN3O2S/c1-2-18(28)14-9-16(23)20(25-11-14)12-3-5-13(6-4-12)21(29)27-22-26-17-8-7-15(24)10-19(17)30-22/h3-11,18,28H,2H2,1H3,(H,26,27,29). The van der Waals surface area contributed by atoms with Gasteiger partial charge in [0.15, 0.2) is 5.13 Å². The Morgan fingerprint density at radius 1 is 1.23 bits per heavy atom. The van der Waals surface area contributed by atoms with Crippen LogP contribution in [-0.4, -0.2) is 21.0 Å². The van der Waals surface area contributed by atoms with Gasteiger partial charge in [-0.05, 0) is 42.8 Å². The van der Waals surface area contributed by atoms with Crippen molar-refractivity contribution >= 4 is 44.2 Å². The topological polar surface area (TPSA) is 75.1 Å². The number of halogens is 2. The van der Waals surface area contributed by atoms with Crippen LogP contribution < -0.4 is 5.32 Å². The van der Waals surface area contributed by atoms with E-state index in [1.807, 2.05) is 6.92 Å². The Hall–Kier alpha value is -2.87. The molecule has 30 heavy (non-hydrogen) atoms. The van der Waals surface area contributed by atoms with Crippen LogP contribution in [0.15, 0.2) is 54.7 Å². The highest BCUT2D eigenvalue weighted by Crippen LogP contribution is 2.30. The van der Waals surface area contributed by atoms with Crippen LogP contribution in [0.2, 0.25) is 5.02 Å². The van der Waals surface area contributed by atoms with Crippen LogP contribution in [0, 0.1) is 5.82 Å². The number of hydrogen-bond donors (Lipinski definition) is 2. The number of fused-ring (bicyclic) bond motifs is 1. The van der Waals surface area contributed by atoms with Gasteiger partial charge in [-0.25, -0.2) is 9.37 Å². The Labute approximate surface area is 181 Å². The number of aromatic nitrogens is 2. The summed E-state index contributed by atoms with van der Waals surface area (Å²) in [6, 6.07) is 12.9. The monoisotopic (exact) mass is 441 g/mol. The number of carbonyl (C=O) groups is 1. The van der Waals surface area contributed by atoms with Gasteiger partial charge in [0.2, 0.25) is 0 Å². The Kier molecular flexibility index (Phi) is 5.76. The molecular weight excluding hydrogens is 425 g/mol. The minimum atomic E-state index is -0.603. The molecule has 1 amide bonds. The minimum absolute atomic E-state index is 0.318. The molecule has 0 radical (unpaired) electrons. The van der Waals surface area contributed by atoms with Crippen molar-refractivity contribution in [3.63, 3.8) is 0 Å². The summed E-state index contributed by atoms with van der Waals surface area (Å²) in [5.74, 6) is -0.661. The number of hydrogen-bond acceptors (Lipinski definition) is 5. The van der Waals surface area contributed by atoms with E-state index in [0.29, 0.717) is 43.6 Å². The zero-order valence-corrected chi connectivity index (χ0v) is 17.5. The SMILES string of the molecule is CCC(O)c1cnc(-c2ccc(C(=O)Nc3nc4ccc(F)cc4s3)cc2)c(Cl)c1. The zero-order chi connectivity index (χ0) is 21.3. The number of nitrogens with one attached hydrogen (secondary N) is 1. The summed E-state index contributed by atoms with van der Waals surface area (Å²) < 4.78 is 14.0. The predicted molar refractivity (Wildman–Crippen MR) is 117 cm³/mol. The van der Waals surface area contributed by atoms with Crippen molar-refractivity contribution < 1.29 is 14.3 Å². The maximum Gasteiger partial charge on any atom is 0.257 e. The predicted octanol–water partition coefficient (Wildman–Crippen LogP) is 5.85. The largest absolute Gasteiger partial charge is 0.388 e. The first-order valence-electron chi connectivity index (χ1n) is 9.26. The summed E-state index contributed by atoms with van der Waals surface area (Å²) >= 11 is 7.55. The molecule has 0 saturated carbocycles. The second kappa shape index (κ2) is 8.47. The van der Waals surface area contributed by atoms with E-state index in [4.69, 9.17) is 11.6 Å². The Balaban J connectivity index is 1.52. The summed E-state index contributed by atoms with van der Waals surface area (Å²) in [5.41, 5.74) is 3.06. The average molecular weight is 442 g/mol. The van der Waals surface area contributed by atoms with Gasteiger partial charge >= 0.3 is 0 Å². The number of thiazole rings is 1. The lowest BCUT2D eigenvalue weighted by Crippen LogP contribution is -2.11. The summed E-state index contributed by atoms with van der Waals surface area (Å²) in [6.07, 6.45) is 1.57. The molecule has 0 spiro atoms. The van der Waals surface area contributed by atoms with Crippen molar-refractivity contribution in [1.29, 1.82) is 0 Å². The van der Waals surface area contributed by atoms with Gasteiger partial charge in [0.1, 0.15) is 5.82 Å². The molecule has 1 atom stereocenters. The molecule has 0 bridgehead atoms. The van der Waals surface area contributed by atoms with E-state index < -0.39 is 6.10 Å². The maximum absolute atomic E-state index is 13.3. The van der Waals surface area contributed by atoms with Crippen molar-refractivity contribution in [2.45, 2.75) is 19.4 Å². The zero-order valence-electron chi connectivity index (χ0n) is 15.9. The van der Waals surface area contributed by atoms with Crippen molar-refractivity contribution in [3.8, 4) is 11.3 Å². The molecule has 2 heterocycles. The highest BCUT2D eigenvalue weighted by atomic mass is 35.5. The summed E-state index contributed by atoms with van der Waals surface area (Å²) in [7, 11) is 0. The van der Waals surface area contributed by atoms with E-state index in [1.165, 1.54) is 23.5 Å². The number of rotatable bonds is 5. The highest BCUT2D eigenvalue weighted by Gasteiger charge is 2.13. The Morgan fingerprint density at radius 2 is 2.00 bits per heavy atom. The van der Waals surface area contributed by atoms with Gasteiger partial charge in [-0.3, -0.25) is 15.1 Å². The highest BCUT2D eigenvalue weighted by molar-refractivity contribution is 7.22. The lowest BCUT2D eigenvalue weighted by atomic mass is 10.1. The van der Waals surface area contributed by atoms with Crippen LogP contribution in [0.5, 0.6) is 0 Å². The molecule has 5 nitrogen and oxygen atoms in total. The number of anilines is 1. The fourth-order valence-corrected chi connectivity index (χ4v) is 4.15. The minimum Gasteiger partial charge on any atom is -0.388 e. The second-order valence-corrected chi connectivity index (χ2v) is 8.12. The third-order valence-corrected chi connectivity index (χ3v) is 5.85. The molecule has 2 aromatic heterocycles. The Bertz CT molecular complexity index is 1230. The molecule has 2 aromatic carbocycles. The molecule has 0 aliphatic carbocycles. The van der Waals surface area contributed by atoms with Crippen LogP contribution >= 0.6 is 22.9 Å². The molecule has 4 aromatic rings. The molecule has 8 heteroatoms. The number of aliphatic hydroxyl groups excluding tert-OH is 1. The number of benzene rings is 2. The van der Waals surface area contributed by atoms with Crippen molar-refractivity contribution in [2.24, 2.45) is 0 Å². The van der Waals surface area contributed by atoms with Gasteiger partial charge in [-0.15, -0.1) is 0 Å². The third-order valence-electron chi connectivity index (χ3n) is 4.63. The quantitative estimate of drug-likeness (QED) is 0.407. The van der Waals surface area contributed by atoms with Crippen molar-refractivity contribution in [1.82, 2.24) is 9.97 Å². The normalized spacial score (nSPS) is 12.1. The van der Waals surface area contributed by atoms with Crippen molar-refractivity contribution in [2.75, 3.05) is 5.32 Å². The van der Waals surface area contributed by atoms with E-state index in [1.54, 1.807) is 42.6 Å². The van der Waals surface area contributed by atoms with E-state index >= 15 is 0 Å². The van der Waals surface area contributed by atoms with Crippen LogP contribution in [0.25, 0.3) is 21.5 Å². The molecule has 0 aliphatic heterocycles. The first kappa shape index (κ1) is 20.4. The number of carbonyl (C=O) groups excluding carboxylic acids is 1. The second-order valence-electron chi connectivity index (χ2n) is 6.69. The number of nitrogens with zero attached hydrogens (tertiary/aromatic N) is 2. The number of aliphatic hydroxyl groups is 1. The van der Waals surface area contributed by atoms with Gasteiger partial charge in [0, 0.05) is 22.9 Å². The van der Waals surface area contributed by atoms with Crippen LogP contribution in [0.4, 0.5) is 9.52 Å². The molecule has 1 unspecified atom stereocenters. The third kappa shape index (κ3) is 4.18. The average Bonchev–Trinajstić information content (AvgIpc) is 3.14. The van der Waals surface area contributed by atoms with E-state index in [2.05, 4.69) is 15.3 Å². The fraction of sp³-hybridized carbons (Fsp3) is 0.136. The molecular formula is C22H17ClFN3O2S. The van der Waals surface area contributed by atoms with Crippen LogP contribution in [-0.2, 0) is 0 Å². The fourth-order valence-electron chi connectivity index (χ4n) is 2.98. The van der Waals surface area contributed by atoms with E-state index in [9.17, 15) is 14.3 Å². The lowest BCUT2D eigenvalue weighted by molar-refractivity contribution is 0.102. The molecule has 0 fully saturated rings. The summed E-state index contributed by atoms with van der Waals surface area (Å²) in [4.78, 5) is 21.2.